The summed E-state index contributed by atoms with van der Waals surface area (Å²) in [5.74, 6) is 1.89. The molecule has 2 fully saturated rings. The lowest BCUT2D eigenvalue weighted by molar-refractivity contribution is -0.131. The fourth-order valence-corrected chi connectivity index (χ4v) is 3.46. The number of nitrogens with zero attached hydrogens (tertiary/aromatic N) is 2. The molecule has 118 valence electrons. The highest BCUT2D eigenvalue weighted by atomic mass is 16.7. The van der Waals surface area contributed by atoms with Crippen molar-refractivity contribution in [2.75, 3.05) is 26.9 Å². The van der Waals surface area contributed by atoms with Gasteiger partial charge in [-0.3, -0.25) is 9.69 Å². The third-order valence-corrected chi connectivity index (χ3v) is 4.97. The molecule has 0 spiro atoms. The monoisotopic (exact) mass is 302 g/mol. The Kier molecular flexibility index (Phi) is 3.45. The Hall–Kier alpha value is -1.75. The number of hydrogen-bond acceptors (Lipinski definition) is 4. The standard InChI is InChI=1S/C17H22N2O3/c1-18(13-5-6-13)17(20)10-19-8-2-3-14(19)12-4-7-15-16(9-12)22-11-21-15/h4,7,9,13-14H,2-3,5-6,8,10-11H2,1H3/t14-/m1/s1. The normalized spacial score (nSPS) is 23.8. The first-order chi connectivity index (χ1) is 10.7. The smallest absolute Gasteiger partial charge is 0.236 e. The van der Waals surface area contributed by atoms with Crippen molar-refractivity contribution in [3.8, 4) is 11.5 Å². The molecule has 22 heavy (non-hydrogen) atoms. The van der Waals surface area contributed by atoms with Crippen LogP contribution in [0.1, 0.15) is 37.3 Å². The maximum Gasteiger partial charge on any atom is 0.236 e. The SMILES string of the molecule is CN(C(=O)CN1CCC[C@@H]1c1ccc2c(c1)OCO2)C1CC1. The van der Waals surface area contributed by atoms with E-state index >= 15 is 0 Å². The molecule has 1 atom stereocenters. The van der Waals surface area contributed by atoms with Gasteiger partial charge in [-0.05, 0) is 49.9 Å². The molecule has 0 radical (unpaired) electrons. The van der Waals surface area contributed by atoms with Crippen LogP contribution in [0.5, 0.6) is 11.5 Å². The lowest BCUT2D eigenvalue weighted by atomic mass is 10.0. The molecule has 3 aliphatic rings. The summed E-state index contributed by atoms with van der Waals surface area (Å²) >= 11 is 0. The number of rotatable bonds is 4. The average Bonchev–Trinajstić information content (AvgIpc) is 3.09. The Labute approximate surface area is 130 Å². The van der Waals surface area contributed by atoms with Gasteiger partial charge in [-0.2, -0.15) is 0 Å². The zero-order valence-corrected chi connectivity index (χ0v) is 13.0. The van der Waals surface area contributed by atoms with Crippen molar-refractivity contribution in [2.45, 2.75) is 37.8 Å². The third-order valence-electron chi connectivity index (χ3n) is 4.97. The summed E-state index contributed by atoms with van der Waals surface area (Å²) in [6, 6.07) is 6.95. The van der Waals surface area contributed by atoms with Gasteiger partial charge in [-0.1, -0.05) is 6.07 Å². The first kappa shape index (κ1) is 13.9. The number of fused-ring (bicyclic) bond motifs is 1. The molecule has 4 rings (SSSR count). The number of likely N-dealkylation sites (N-methyl/N-ethyl adjacent to an activating group) is 1. The van der Waals surface area contributed by atoms with Crippen molar-refractivity contribution >= 4 is 5.91 Å². The van der Waals surface area contributed by atoms with E-state index in [4.69, 9.17) is 9.47 Å². The van der Waals surface area contributed by atoms with Crippen LogP contribution >= 0.6 is 0 Å². The maximum absolute atomic E-state index is 12.4. The van der Waals surface area contributed by atoms with E-state index in [0.29, 0.717) is 25.4 Å². The van der Waals surface area contributed by atoms with Crippen LogP contribution in [0.3, 0.4) is 0 Å². The van der Waals surface area contributed by atoms with E-state index in [0.717, 1.165) is 43.7 Å². The molecule has 0 aromatic heterocycles. The Bertz CT molecular complexity index is 585. The molecule has 1 saturated carbocycles. The highest BCUT2D eigenvalue weighted by molar-refractivity contribution is 5.78. The van der Waals surface area contributed by atoms with Gasteiger partial charge in [0.2, 0.25) is 12.7 Å². The van der Waals surface area contributed by atoms with Gasteiger partial charge in [-0.25, -0.2) is 0 Å². The number of carbonyl (C=O) groups excluding carboxylic acids is 1. The summed E-state index contributed by atoms with van der Waals surface area (Å²) in [7, 11) is 1.94. The molecule has 2 heterocycles. The van der Waals surface area contributed by atoms with Crippen LogP contribution in [0.15, 0.2) is 18.2 Å². The first-order valence-electron chi connectivity index (χ1n) is 8.11. The number of hydrogen-bond donors (Lipinski definition) is 0. The molecule has 0 N–H and O–H groups in total. The summed E-state index contributed by atoms with van der Waals surface area (Å²) in [5, 5.41) is 0. The second-order valence-corrected chi connectivity index (χ2v) is 6.48. The fraction of sp³-hybridized carbons (Fsp3) is 0.588. The summed E-state index contributed by atoms with van der Waals surface area (Å²) < 4.78 is 10.9. The molecule has 1 amide bonds. The fourth-order valence-electron chi connectivity index (χ4n) is 3.46. The second-order valence-electron chi connectivity index (χ2n) is 6.48. The lowest BCUT2D eigenvalue weighted by Gasteiger charge is -2.27. The van der Waals surface area contributed by atoms with Crippen molar-refractivity contribution in [1.82, 2.24) is 9.80 Å². The summed E-state index contributed by atoms with van der Waals surface area (Å²) in [4.78, 5) is 16.6. The van der Waals surface area contributed by atoms with Gasteiger partial charge in [-0.15, -0.1) is 0 Å². The summed E-state index contributed by atoms with van der Waals surface area (Å²) in [5.41, 5.74) is 1.23. The summed E-state index contributed by atoms with van der Waals surface area (Å²) in [6.07, 6.45) is 4.56. The number of ether oxygens (including phenoxy) is 2. The van der Waals surface area contributed by atoms with E-state index in [2.05, 4.69) is 17.0 Å². The van der Waals surface area contributed by atoms with Crippen LogP contribution in [0.4, 0.5) is 0 Å². The van der Waals surface area contributed by atoms with E-state index in [9.17, 15) is 4.79 Å². The van der Waals surface area contributed by atoms with Crippen LogP contribution in [-0.4, -0.2) is 48.7 Å². The first-order valence-corrected chi connectivity index (χ1v) is 8.11. The largest absolute Gasteiger partial charge is 0.454 e. The average molecular weight is 302 g/mol. The molecule has 0 bridgehead atoms. The zero-order chi connectivity index (χ0) is 15.1. The Balaban J connectivity index is 1.47. The van der Waals surface area contributed by atoms with E-state index < -0.39 is 0 Å². The van der Waals surface area contributed by atoms with Crippen LogP contribution in [0.2, 0.25) is 0 Å². The minimum absolute atomic E-state index is 0.246. The van der Waals surface area contributed by atoms with Crippen LogP contribution in [0, 0.1) is 0 Å². The Morgan fingerprint density at radius 2 is 2.09 bits per heavy atom. The van der Waals surface area contributed by atoms with E-state index in [-0.39, 0.29) is 5.91 Å². The van der Waals surface area contributed by atoms with Gasteiger partial charge in [0, 0.05) is 19.1 Å². The molecule has 0 unspecified atom stereocenters. The number of amides is 1. The molecular weight excluding hydrogens is 280 g/mol. The van der Waals surface area contributed by atoms with Crippen LogP contribution < -0.4 is 9.47 Å². The molecule has 1 saturated heterocycles. The molecule has 1 aliphatic carbocycles. The summed E-state index contributed by atoms with van der Waals surface area (Å²) in [6.45, 7) is 1.81. The van der Waals surface area contributed by atoms with E-state index in [1.54, 1.807) is 0 Å². The molecular formula is C17H22N2O3. The van der Waals surface area contributed by atoms with Gasteiger partial charge in [0.25, 0.3) is 0 Å². The van der Waals surface area contributed by atoms with E-state index in [1.165, 1.54) is 5.56 Å². The molecule has 5 heteroatoms. The van der Waals surface area contributed by atoms with Gasteiger partial charge >= 0.3 is 0 Å². The third kappa shape index (κ3) is 2.54. The zero-order valence-electron chi connectivity index (χ0n) is 13.0. The van der Waals surface area contributed by atoms with Gasteiger partial charge in [0.15, 0.2) is 11.5 Å². The van der Waals surface area contributed by atoms with E-state index in [1.807, 2.05) is 18.0 Å². The van der Waals surface area contributed by atoms with Gasteiger partial charge < -0.3 is 14.4 Å². The minimum atomic E-state index is 0.246. The maximum atomic E-state index is 12.4. The molecule has 5 nitrogen and oxygen atoms in total. The highest BCUT2D eigenvalue weighted by Gasteiger charge is 2.33. The number of likely N-dealkylation sites (tertiary alicyclic amines) is 1. The van der Waals surface area contributed by atoms with Crippen LogP contribution in [0.25, 0.3) is 0 Å². The number of carbonyl (C=O) groups is 1. The van der Waals surface area contributed by atoms with Crippen molar-refractivity contribution in [2.24, 2.45) is 0 Å². The Morgan fingerprint density at radius 3 is 2.91 bits per heavy atom. The molecule has 1 aromatic rings. The van der Waals surface area contributed by atoms with Crippen molar-refractivity contribution in [3.05, 3.63) is 23.8 Å². The molecule has 1 aromatic carbocycles. The Morgan fingerprint density at radius 1 is 1.27 bits per heavy atom. The lowest BCUT2D eigenvalue weighted by Crippen LogP contribution is -2.39. The predicted octanol–water partition coefficient (Wildman–Crippen LogP) is 2.17. The second kappa shape index (κ2) is 5.47. The predicted molar refractivity (Wildman–Crippen MR) is 81.9 cm³/mol. The van der Waals surface area contributed by atoms with Gasteiger partial charge in [0.1, 0.15) is 0 Å². The topological polar surface area (TPSA) is 42.0 Å². The quantitative estimate of drug-likeness (QED) is 0.855. The van der Waals surface area contributed by atoms with Gasteiger partial charge in [0.05, 0.1) is 6.54 Å². The van der Waals surface area contributed by atoms with Crippen molar-refractivity contribution < 1.29 is 14.3 Å². The van der Waals surface area contributed by atoms with Crippen LogP contribution in [-0.2, 0) is 4.79 Å². The number of benzene rings is 1. The minimum Gasteiger partial charge on any atom is -0.454 e. The van der Waals surface area contributed by atoms with Crippen molar-refractivity contribution in [3.63, 3.8) is 0 Å². The van der Waals surface area contributed by atoms with Crippen molar-refractivity contribution in [1.29, 1.82) is 0 Å². The highest BCUT2D eigenvalue weighted by Crippen LogP contribution is 2.39. The molecule has 2 aliphatic heterocycles.